The normalized spacial score (nSPS) is 18.0. The van der Waals surface area contributed by atoms with Crippen molar-refractivity contribution in [1.82, 2.24) is 14.5 Å². The summed E-state index contributed by atoms with van der Waals surface area (Å²) >= 11 is 6.13. The van der Waals surface area contributed by atoms with E-state index in [0.717, 1.165) is 25.2 Å². The van der Waals surface area contributed by atoms with Crippen LogP contribution in [0.5, 0.6) is 0 Å². The maximum absolute atomic E-state index is 12.7. The first kappa shape index (κ1) is 16.7. The molecule has 7 heteroatoms. The Morgan fingerprint density at radius 1 is 1.24 bits per heavy atom. The van der Waals surface area contributed by atoms with Crippen molar-refractivity contribution in [2.45, 2.75) is 18.4 Å². The van der Waals surface area contributed by atoms with E-state index in [2.05, 4.69) is 10.2 Å². The molecule has 1 fully saturated rings. The third-order valence-electron chi connectivity index (χ3n) is 3.65. The van der Waals surface area contributed by atoms with E-state index in [-0.39, 0.29) is 9.92 Å². The fraction of sp³-hybridized carbons (Fsp3) is 0.571. The summed E-state index contributed by atoms with van der Waals surface area (Å²) in [6.45, 7) is 5.99. The lowest BCUT2D eigenvalue weighted by molar-refractivity contribution is 0.222. The molecule has 1 aromatic rings. The molecule has 0 amide bonds. The number of nitrogens with zero attached hydrogens (tertiary/aromatic N) is 2. The fourth-order valence-electron chi connectivity index (χ4n) is 2.29. The van der Waals surface area contributed by atoms with Crippen molar-refractivity contribution in [3.8, 4) is 0 Å². The van der Waals surface area contributed by atoms with E-state index in [1.165, 1.54) is 4.31 Å². The molecule has 2 rings (SSSR count). The number of benzene rings is 1. The van der Waals surface area contributed by atoms with Crippen LogP contribution in [0.1, 0.15) is 12.5 Å². The summed E-state index contributed by atoms with van der Waals surface area (Å²) in [5.74, 6) is 0. The molecule has 1 heterocycles. The van der Waals surface area contributed by atoms with Gasteiger partial charge in [0.25, 0.3) is 0 Å². The molecule has 0 unspecified atom stereocenters. The van der Waals surface area contributed by atoms with Gasteiger partial charge in [-0.25, -0.2) is 8.42 Å². The number of hydrogen-bond acceptors (Lipinski definition) is 4. The van der Waals surface area contributed by atoms with E-state index < -0.39 is 10.0 Å². The minimum atomic E-state index is -3.52. The predicted octanol–water partition coefficient (Wildman–Crippen LogP) is 1.39. The first-order valence-corrected chi connectivity index (χ1v) is 8.94. The number of nitrogens with one attached hydrogen (secondary N) is 1. The van der Waals surface area contributed by atoms with Crippen molar-refractivity contribution in [3.05, 3.63) is 28.8 Å². The van der Waals surface area contributed by atoms with Crippen molar-refractivity contribution in [1.29, 1.82) is 0 Å². The number of rotatable bonds is 5. The molecule has 1 saturated heterocycles. The Kier molecular flexibility index (Phi) is 5.62. The van der Waals surface area contributed by atoms with Gasteiger partial charge in [-0.05, 0) is 31.3 Å². The Labute approximate surface area is 131 Å². The largest absolute Gasteiger partial charge is 0.313 e. The Bertz CT molecular complexity index is 584. The molecule has 1 N–H and O–H groups in total. The minimum Gasteiger partial charge on any atom is -0.313 e. The smallest absolute Gasteiger partial charge is 0.244 e. The van der Waals surface area contributed by atoms with Crippen molar-refractivity contribution in [3.63, 3.8) is 0 Å². The SMILES string of the molecule is CCNCc1ccc(Cl)c(S(=O)(=O)N2CCN(C)CC2)c1. The predicted molar refractivity (Wildman–Crippen MR) is 85.1 cm³/mol. The van der Waals surface area contributed by atoms with Crippen LogP contribution in [0.15, 0.2) is 23.1 Å². The maximum Gasteiger partial charge on any atom is 0.244 e. The zero-order chi connectivity index (χ0) is 15.5. The van der Waals surface area contributed by atoms with E-state index in [0.29, 0.717) is 19.6 Å². The van der Waals surface area contributed by atoms with E-state index in [4.69, 9.17) is 11.6 Å². The van der Waals surface area contributed by atoms with E-state index in [1.807, 2.05) is 20.0 Å². The van der Waals surface area contributed by atoms with Crippen molar-refractivity contribution < 1.29 is 8.42 Å². The molecule has 0 atom stereocenters. The standard InChI is InChI=1S/C14H22ClN3O2S/c1-3-16-11-12-4-5-13(15)14(10-12)21(19,20)18-8-6-17(2)7-9-18/h4-5,10,16H,3,6-9,11H2,1-2H3. The molecule has 0 radical (unpaired) electrons. The number of piperazine rings is 1. The summed E-state index contributed by atoms with van der Waals surface area (Å²) in [7, 11) is -1.52. The number of likely N-dealkylation sites (N-methyl/N-ethyl adjacent to an activating group) is 1. The Morgan fingerprint density at radius 3 is 2.52 bits per heavy atom. The molecule has 0 bridgehead atoms. The van der Waals surface area contributed by atoms with Gasteiger partial charge in [0.2, 0.25) is 10.0 Å². The third kappa shape index (κ3) is 3.96. The number of sulfonamides is 1. The second kappa shape index (κ2) is 7.07. The van der Waals surface area contributed by atoms with Crippen LogP contribution in [-0.2, 0) is 16.6 Å². The van der Waals surface area contributed by atoms with Gasteiger partial charge in [-0.2, -0.15) is 4.31 Å². The highest BCUT2D eigenvalue weighted by Crippen LogP contribution is 2.26. The molecule has 0 aliphatic carbocycles. The molecular formula is C14H22ClN3O2S. The monoisotopic (exact) mass is 331 g/mol. The molecule has 5 nitrogen and oxygen atoms in total. The first-order valence-electron chi connectivity index (χ1n) is 7.13. The highest BCUT2D eigenvalue weighted by Gasteiger charge is 2.29. The van der Waals surface area contributed by atoms with Crippen LogP contribution in [0.3, 0.4) is 0 Å². The summed E-state index contributed by atoms with van der Waals surface area (Å²) in [6.07, 6.45) is 0. The lowest BCUT2D eigenvalue weighted by Crippen LogP contribution is -2.47. The van der Waals surface area contributed by atoms with Crippen LogP contribution in [-0.4, -0.2) is 57.4 Å². The summed E-state index contributed by atoms with van der Waals surface area (Å²) in [4.78, 5) is 2.33. The van der Waals surface area contributed by atoms with Gasteiger partial charge in [0.05, 0.1) is 5.02 Å². The second-order valence-electron chi connectivity index (χ2n) is 5.25. The van der Waals surface area contributed by atoms with Crippen LogP contribution in [0.4, 0.5) is 0 Å². The summed E-state index contributed by atoms with van der Waals surface area (Å²) in [6, 6.07) is 5.20. The average molecular weight is 332 g/mol. The van der Waals surface area contributed by atoms with E-state index >= 15 is 0 Å². The van der Waals surface area contributed by atoms with Crippen LogP contribution >= 0.6 is 11.6 Å². The van der Waals surface area contributed by atoms with Gasteiger partial charge in [0.1, 0.15) is 4.90 Å². The van der Waals surface area contributed by atoms with Crippen LogP contribution in [0, 0.1) is 0 Å². The highest BCUT2D eigenvalue weighted by atomic mass is 35.5. The lowest BCUT2D eigenvalue weighted by Gasteiger charge is -2.31. The van der Waals surface area contributed by atoms with Gasteiger partial charge in [0, 0.05) is 32.7 Å². The molecule has 118 valence electrons. The number of halogens is 1. The topological polar surface area (TPSA) is 52.7 Å². The van der Waals surface area contributed by atoms with Gasteiger partial charge in [-0.1, -0.05) is 24.6 Å². The lowest BCUT2D eigenvalue weighted by atomic mass is 10.2. The van der Waals surface area contributed by atoms with Crippen LogP contribution in [0.25, 0.3) is 0 Å². The van der Waals surface area contributed by atoms with Crippen molar-refractivity contribution in [2.75, 3.05) is 39.8 Å². The molecular weight excluding hydrogens is 310 g/mol. The summed E-state index contributed by atoms with van der Waals surface area (Å²) in [5, 5.41) is 3.48. The first-order chi connectivity index (χ1) is 9.95. The molecule has 0 spiro atoms. The highest BCUT2D eigenvalue weighted by molar-refractivity contribution is 7.89. The van der Waals surface area contributed by atoms with Crippen LogP contribution in [0.2, 0.25) is 5.02 Å². The molecule has 1 aromatic carbocycles. The zero-order valence-electron chi connectivity index (χ0n) is 12.5. The maximum atomic E-state index is 12.7. The van der Waals surface area contributed by atoms with Gasteiger partial charge in [0.15, 0.2) is 0 Å². The van der Waals surface area contributed by atoms with Gasteiger partial charge in [-0.3, -0.25) is 0 Å². The van der Waals surface area contributed by atoms with Gasteiger partial charge in [-0.15, -0.1) is 0 Å². The fourth-order valence-corrected chi connectivity index (χ4v) is 4.24. The Balaban J connectivity index is 2.26. The number of hydrogen-bond donors (Lipinski definition) is 1. The minimum absolute atomic E-state index is 0.212. The molecule has 0 aromatic heterocycles. The van der Waals surface area contributed by atoms with Crippen LogP contribution < -0.4 is 5.32 Å². The summed E-state index contributed by atoms with van der Waals surface area (Å²) in [5.41, 5.74) is 0.925. The van der Waals surface area contributed by atoms with Gasteiger partial charge < -0.3 is 10.2 Å². The summed E-state index contributed by atoms with van der Waals surface area (Å²) < 4.78 is 27.0. The quantitative estimate of drug-likeness (QED) is 0.886. The second-order valence-corrected chi connectivity index (χ2v) is 7.57. The van der Waals surface area contributed by atoms with Gasteiger partial charge >= 0.3 is 0 Å². The molecule has 1 aliphatic heterocycles. The zero-order valence-corrected chi connectivity index (χ0v) is 14.0. The molecule has 1 aliphatic rings. The van der Waals surface area contributed by atoms with Crippen molar-refractivity contribution in [2.24, 2.45) is 0 Å². The molecule has 21 heavy (non-hydrogen) atoms. The molecule has 0 saturated carbocycles. The Morgan fingerprint density at radius 2 is 1.90 bits per heavy atom. The third-order valence-corrected chi connectivity index (χ3v) is 6.04. The Hall–Kier alpha value is -0.660. The van der Waals surface area contributed by atoms with Crippen molar-refractivity contribution >= 4 is 21.6 Å². The van der Waals surface area contributed by atoms with E-state index in [9.17, 15) is 8.42 Å². The average Bonchev–Trinajstić information content (AvgIpc) is 2.46. The van der Waals surface area contributed by atoms with E-state index in [1.54, 1.807) is 12.1 Å².